The Kier molecular flexibility index (Phi) is 3.67. The Morgan fingerprint density at radius 2 is 1.94 bits per heavy atom. The first kappa shape index (κ1) is 11.5. The van der Waals surface area contributed by atoms with Gasteiger partial charge in [-0.1, -0.05) is 43.0 Å². The second-order valence-corrected chi connectivity index (χ2v) is 3.51. The van der Waals surface area contributed by atoms with Gasteiger partial charge in [-0.25, -0.2) is 0 Å². The summed E-state index contributed by atoms with van der Waals surface area (Å²) in [4.78, 5) is 12.1. The van der Waals surface area contributed by atoms with Crippen molar-refractivity contribution in [2.45, 2.75) is 0 Å². The molecule has 2 rings (SSSR count). The smallest absolute Gasteiger partial charge is 0.321 e. The van der Waals surface area contributed by atoms with Crippen LogP contribution < -0.4 is 4.74 Å². The molecular weight excluding hydrogens is 238 g/mol. The number of hydrogen-bond acceptors (Lipinski definition) is 4. The summed E-state index contributed by atoms with van der Waals surface area (Å²) in [6.07, 6.45) is 1.61. The molecule has 0 saturated carbocycles. The predicted octanol–water partition coefficient (Wildman–Crippen LogP) is 2.76. The molecule has 0 radical (unpaired) electrons. The van der Waals surface area contributed by atoms with E-state index in [-0.39, 0.29) is 11.3 Å². The quantitative estimate of drug-likeness (QED) is 0.780. The van der Waals surface area contributed by atoms with E-state index in [1.165, 1.54) is 0 Å². The van der Waals surface area contributed by atoms with Crippen molar-refractivity contribution in [2.24, 2.45) is 0 Å². The summed E-state index contributed by atoms with van der Waals surface area (Å²) < 4.78 is 5.23. The molecule has 1 aromatic carbocycles. The molecule has 0 spiro atoms. The second-order valence-electron chi connectivity index (χ2n) is 3.18. The highest BCUT2D eigenvalue weighted by Gasteiger charge is 2.07. The van der Waals surface area contributed by atoms with Crippen LogP contribution in [0.2, 0.25) is 5.28 Å². The topological polar surface area (TPSA) is 47.9 Å². The summed E-state index contributed by atoms with van der Waals surface area (Å²) >= 11 is 5.81. The normalized spacial score (nSPS) is 9.94. The monoisotopic (exact) mass is 247 g/mol. The van der Waals surface area contributed by atoms with Gasteiger partial charge in [0.25, 0.3) is 0 Å². The third-order valence-electron chi connectivity index (χ3n) is 1.95. The average molecular weight is 248 g/mol. The Hall–Kier alpha value is -1.94. The van der Waals surface area contributed by atoms with E-state index in [1.807, 2.05) is 30.3 Å². The van der Waals surface area contributed by atoms with Gasteiger partial charge >= 0.3 is 6.01 Å². The fourth-order valence-corrected chi connectivity index (χ4v) is 1.40. The Morgan fingerprint density at radius 1 is 1.18 bits per heavy atom. The number of hydrogen-bond donors (Lipinski definition) is 0. The van der Waals surface area contributed by atoms with Crippen molar-refractivity contribution in [3.63, 3.8) is 0 Å². The van der Waals surface area contributed by atoms with Gasteiger partial charge in [0.05, 0.1) is 0 Å². The molecule has 0 aliphatic heterocycles. The summed E-state index contributed by atoms with van der Waals surface area (Å²) in [5.41, 5.74) is 0.861. The third-order valence-corrected chi connectivity index (χ3v) is 2.12. The molecule has 0 fully saturated rings. The van der Waals surface area contributed by atoms with Crippen molar-refractivity contribution in [3.8, 4) is 17.4 Å². The van der Waals surface area contributed by atoms with Gasteiger partial charge in [-0.3, -0.25) is 0 Å². The van der Waals surface area contributed by atoms with Gasteiger partial charge in [0.2, 0.25) is 5.28 Å². The van der Waals surface area contributed by atoms with Crippen LogP contribution in [-0.4, -0.2) is 21.6 Å². The Labute approximate surface area is 104 Å². The van der Waals surface area contributed by atoms with Gasteiger partial charge in [-0.05, 0) is 11.6 Å². The van der Waals surface area contributed by atoms with Crippen LogP contribution in [0.4, 0.5) is 0 Å². The maximum Gasteiger partial charge on any atom is 0.321 e. The van der Waals surface area contributed by atoms with Crippen LogP contribution in [0.3, 0.4) is 0 Å². The zero-order valence-electron chi connectivity index (χ0n) is 9.01. The van der Waals surface area contributed by atoms with E-state index in [4.69, 9.17) is 16.3 Å². The molecule has 1 aromatic heterocycles. The van der Waals surface area contributed by atoms with E-state index in [2.05, 4.69) is 21.5 Å². The van der Waals surface area contributed by atoms with E-state index < -0.39 is 0 Å². The lowest BCUT2D eigenvalue weighted by Gasteiger charge is -2.04. The van der Waals surface area contributed by atoms with Gasteiger partial charge in [0.1, 0.15) is 6.61 Å². The fraction of sp³-hybridized carbons (Fsp3) is 0.0833. The minimum atomic E-state index is 0.109. The molecular formula is C12H10ClN3O. The summed E-state index contributed by atoms with van der Waals surface area (Å²) in [5, 5.41) is 0.109. The highest BCUT2D eigenvalue weighted by molar-refractivity contribution is 6.28. The van der Waals surface area contributed by atoms with E-state index in [1.54, 1.807) is 6.08 Å². The second kappa shape index (κ2) is 5.41. The standard InChI is InChI=1S/C12H10ClN3O/c1-2-8-17-12-15-10(14-11(13)16-12)9-6-4-3-5-7-9/h2-7H,1,8H2. The fourth-order valence-electron chi connectivity index (χ4n) is 1.25. The summed E-state index contributed by atoms with van der Waals surface area (Å²) in [5.74, 6) is 0.490. The predicted molar refractivity (Wildman–Crippen MR) is 66.0 cm³/mol. The molecule has 86 valence electrons. The average Bonchev–Trinajstić information content (AvgIpc) is 2.37. The first-order chi connectivity index (χ1) is 8.29. The highest BCUT2D eigenvalue weighted by atomic mass is 35.5. The molecule has 5 heteroatoms. The lowest BCUT2D eigenvalue weighted by atomic mass is 10.2. The highest BCUT2D eigenvalue weighted by Crippen LogP contribution is 2.18. The third kappa shape index (κ3) is 3.01. The van der Waals surface area contributed by atoms with Crippen molar-refractivity contribution in [1.82, 2.24) is 15.0 Å². The summed E-state index contributed by atoms with van der Waals surface area (Å²) in [6.45, 7) is 3.88. The van der Waals surface area contributed by atoms with Crippen LogP contribution >= 0.6 is 11.6 Å². The van der Waals surface area contributed by atoms with Crippen LogP contribution in [-0.2, 0) is 0 Å². The lowest BCUT2D eigenvalue weighted by Crippen LogP contribution is -2.01. The van der Waals surface area contributed by atoms with Gasteiger partial charge in [-0.2, -0.15) is 15.0 Å². The molecule has 0 amide bonds. The molecule has 2 aromatic rings. The van der Waals surface area contributed by atoms with E-state index in [9.17, 15) is 0 Å². The van der Waals surface area contributed by atoms with E-state index >= 15 is 0 Å². The molecule has 0 aliphatic carbocycles. The van der Waals surface area contributed by atoms with Crippen molar-refractivity contribution >= 4 is 11.6 Å². The summed E-state index contributed by atoms with van der Waals surface area (Å²) in [6, 6.07) is 9.70. The van der Waals surface area contributed by atoms with Gasteiger partial charge in [-0.15, -0.1) is 0 Å². The van der Waals surface area contributed by atoms with Crippen LogP contribution in [0.25, 0.3) is 11.4 Å². The Balaban J connectivity index is 2.35. The molecule has 0 aliphatic rings. The zero-order valence-corrected chi connectivity index (χ0v) is 9.76. The number of ether oxygens (including phenoxy) is 1. The number of benzene rings is 1. The zero-order chi connectivity index (χ0) is 12.1. The number of rotatable bonds is 4. The van der Waals surface area contributed by atoms with Crippen molar-refractivity contribution in [1.29, 1.82) is 0 Å². The Morgan fingerprint density at radius 3 is 2.65 bits per heavy atom. The number of halogens is 1. The molecule has 17 heavy (non-hydrogen) atoms. The molecule has 0 N–H and O–H groups in total. The minimum Gasteiger partial charge on any atom is -0.459 e. The van der Waals surface area contributed by atoms with Crippen LogP contribution in [0.15, 0.2) is 43.0 Å². The molecule has 1 heterocycles. The van der Waals surface area contributed by atoms with Crippen LogP contribution in [0, 0.1) is 0 Å². The number of nitrogens with zero attached hydrogens (tertiary/aromatic N) is 3. The number of aromatic nitrogens is 3. The van der Waals surface area contributed by atoms with E-state index in [0.29, 0.717) is 12.4 Å². The SMILES string of the molecule is C=CCOc1nc(Cl)nc(-c2ccccc2)n1. The molecule has 0 saturated heterocycles. The first-order valence-corrected chi connectivity index (χ1v) is 5.38. The van der Waals surface area contributed by atoms with Crippen molar-refractivity contribution < 1.29 is 4.74 Å². The lowest BCUT2D eigenvalue weighted by molar-refractivity contribution is 0.332. The van der Waals surface area contributed by atoms with Crippen LogP contribution in [0.5, 0.6) is 6.01 Å². The molecule has 0 unspecified atom stereocenters. The van der Waals surface area contributed by atoms with Gasteiger partial charge in [0, 0.05) is 5.56 Å². The molecule has 0 atom stereocenters. The van der Waals surface area contributed by atoms with Crippen LogP contribution in [0.1, 0.15) is 0 Å². The maximum absolute atomic E-state index is 5.81. The van der Waals surface area contributed by atoms with Gasteiger partial charge in [0.15, 0.2) is 5.82 Å². The summed E-state index contributed by atoms with van der Waals surface area (Å²) in [7, 11) is 0. The first-order valence-electron chi connectivity index (χ1n) is 5.00. The molecule has 0 bridgehead atoms. The van der Waals surface area contributed by atoms with Gasteiger partial charge < -0.3 is 4.74 Å². The maximum atomic E-state index is 5.81. The van der Waals surface area contributed by atoms with Crippen molar-refractivity contribution in [3.05, 3.63) is 48.3 Å². The largest absolute Gasteiger partial charge is 0.459 e. The minimum absolute atomic E-state index is 0.109. The van der Waals surface area contributed by atoms with E-state index in [0.717, 1.165) is 5.56 Å². The molecule has 4 nitrogen and oxygen atoms in total. The Bertz CT molecular complexity index is 516. The van der Waals surface area contributed by atoms with Crippen molar-refractivity contribution in [2.75, 3.05) is 6.61 Å².